The van der Waals surface area contributed by atoms with E-state index in [9.17, 15) is 9.36 Å². The van der Waals surface area contributed by atoms with Crippen molar-refractivity contribution in [2.45, 2.75) is 6.10 Å². The van der Waals surface area contributed by atoms with Crippen LogP contribution in [0, 0.1) is 0 Å². The Morgan fingerprint density at radius 1 is 1.57 bits per heavy atom. The molecule has 23 heavy (non-hydrogen) atoms. The third kappa shape index (κ3) is 5.06. The molecule has 2 aromatic rings. The van der Waals surface area contributed by atoms with Crippen LogP contribution in [0.1, 0.15) is 0 Å². The maximum absolute atomic E-state index is 11.7. The van der Waals surface area contributed by atoms with E-state index in [1.807, 2.05) is 0 Å². The molecule has 0 aliphatic heterocycles. The molecule has 0 radical (unpaired) electrons. The van der Waals surface area contributed by atoms with E-state index >= 15 is 0 Å². The average Bonchev–Trinajstić information content (AvgIpc) is 2.94. The van der Waals surface area contributed by atoms with E-state index in [1.165, 1.54) is 6.33 Å². The Morgan fingerprint density at radius 2 is 2.35 bits per heavy atom. The Kier molecular flexibility index (Phi) is 5.32. The summed E-state index contributed by atoms with van der Waals surface area (Å²) in [5.41, 5.74) is 8.31. The molecular weight excluding hydrogens is 331 g/mol. The van der Waals surface area contributed by atoms with Crippen LogP contribution in [-0.4, -0.2) is 55.3 Å². The molecule has 124 valence electrons. The van der Waals surface area contributed by atoms with E-state index in [1.54, 1.807) is 0 Å². The van der Waals surface area contributed by atoms with Crippen molar-refractivity contribution in [2.75, 3.05) is 24.8 Å². The smallest absolute Gasteiger partial charge is 0.350 e. The van der Waals surface area contributed by atoms with Crippen LogP contribution in [0.5, 0.6) is 0 Å². The first-order valence-electron chi connectivity index (χ1n) is 6.23. The van der Waals surface area contributed by atoms with E-state index in [0.717, 1.165) is 0 Å². The number of ether oxygens (including phenoxy) is 1. The van der Waals surface area contributed by atoms with Crippen molar-refractivity contribution in [3.8, 4) is 0 Å². The van der Waals surface area contributed by atoms with Gasteiger partial charge in [-0.25, -0.2) is 4.98 Å². The summed E-state index contributed by atoms with van der Waals surface area (Å²) < 4.78 is 15.8. The highest BCUT2D eigenvalue weighted by Crippen LogP contribution is 2.34. The molecule has 1 atom stereocenters. The predicted molar refractivity (Wildman–Crippen MR) is 78.8 cm³/mol. The largest absolute Gasteiger partial charge is 0.364 e. The highest BCUT2D eigenvalue weighted by molar-refractivity contribution is 7.51. The van der Waals surface area contributed by atoms with E-state index in [2.05, 4.69) is 35.3 Å². The van der Waals surface area contributed by atoms with Crippen LogP contribution in [0.15, 0.2) is 16.2 Å². The third-order valence-corrected chi connectivity index (χ3v) is 3.11. The van der Waals surface area contributed by atoms with Crippen molar-refractivity contribution >= 4 is 24.7 Å². The van der Waals surface area contributed by atoms with Crippen LogP contribution in [-0.2, 0) is 9.30 Å². The zero-order chi connectivity index (χ0) is 16.9. The molecule has 2 rings (SSSR count). The van der Waals surface area contributed by atoms with Gasteiger partial charge in [0.1, 0.15) is 6.35 Å². The van der Waals surface area contributed by atoms with Gasteiger partial charge in [-0.15, -0.1) is 0 Å². The van der Waals surface area contributed by atoms with Crippen molar-refractivity contribution in [1.82, 2.24) is 19.9 Å². The molecule has 0 spiro atoms. The minimum atomic E-state index is -4.35. The van der Waals surface area contributed by atoms with Gasteiger partial charge in [-0.1, -0.05) is 5.11 Å². The Morgan fingerprint density at radius 3 is 3.04 bits per heavy atom. The van der Waals surface area contributed by atoms with E-state index < -0.39 is 25.6 Å². The van der Waals surface area contributed by atoms with Crippen molar-refractivity contribution in [3.05, 3.63) is 27.1 Å². The molecule has 0 amide bonds. The number of imidazole rings is 1. The molecule has 0 aliphatic rings. The number of hydrogen-bond donors (Lipinski definition) is 5. The zero-order valence-electron chi connectivity index (χ0n) is 11.6. The number of aromatic amines is 2. The lowest BCUT2D eigenvalue weighted by Gasteiger charge is -2.17. The molecule has 2 aromatic heterocycles. The summed E-state index contributed by atoms with van der Waals surface area (Å²) in [7, 11) is -4.35. The fourth-order valence-corrected chi connectivity index (χ4v) is 2.05. The van der Waals surface area contributed by atoms with Gasteiger partial charge >= 0.3 is 7.60 Å². The van der Waals surface area contributed by atoms with E-state index in [-0.39, 0.29) is 30.2 Å². The van der Waals surface area contributed by atoms with Gasteiger partial charge in [-0.3, -0.25) is 14.3 Å². The molecule has 13 nitrogen and oxygen atoms in total. The summed E-state index contributed by atoms with van der Waals surface area (Å²) in [6.45, 7) is -0.156. The number of H-pyrrole nitrogens is 2. The quantitative estimate of drug-likeness (QED) is 0.189. The molecule has 0 saturated carbocycles. The second kappa shape index (κ2) is 7.22. The summed E-state index contributed by atoms with van der Waals surface area (Å²) in [5.74, 6) is 0.0975. The maximum Gasteiger partial charge on any atom is 0.350 e. The molecule has 0 aromatic carbocycles. The number of aromatic nitrogens is 4. The maximum atomic E-state index is 11.7. The number of hydrogen-bond acceptors (Lipinski definition) is 7. The van der Waals surface area contributed by atoms with Crippen LogP contribution in [0.25, 0.3) is 21.6 Å². The monoisotopic (exact) mass is 344 g/mol. The lowest BCUT2D eigenvalue weighted by molar-refractivity contribution is 0.0900. The Balaban J connectivity index is 2.04. The molecule has 0 bridgehead atoms. The standard InChI is InChI=1S/C9H13N8O5P/c10-17-14-2-5(22-4-23(19,20)21)1-11-9-15-7-6(8(18)16-9)12-3-13-7/h3,5H,1-2,4H2,(H2,19,20,21)(H3,11,12,13,15,16,18). The second-order valence-electron chi connectivity index (χ2n) is 4.39. The van der Waals surface area contributed by atoms with Crippen LogP contribution in [0.3, 0.4) is 0 Å². The lowest BCUT2D eigenvalue weighted by Crippen LogP contribution is -2.28. The highest BCUT2D eigenvalue weighted by atomic mass is 31.2. The fourth-order valence-electron chi connectivity index (χ4n) is 1.64. The fraction of sp³-hybridized carbons (Fsp3) is 0.444. The topological polar surface area (TPSA) is 202 Å². The Hall–Kier alpha value is -2.43. The van der Waals surface area contributed by atoms with Crippen LogP contribution < -0.4 is 10.9 Å². The van der Waals surface area contributed by atoms with Gasteiger partial charge in [0.25, 0.3) is 5.56 Å². The first kappa shape index (κ1) is 16.9. The van der Waals surface area contributed by atoms with Gasteiger partial charge in [0.2, 0.25) is 5.95 Å². The Bertz CT molecular complexity index is 821. The molecule has 5 N–H and O–H groups in total. The average molecular weight is 344 g/mol. The number of azide groups is 1. The molecule has 0 fully saturated rings. The summed E-state index contributed by atoms with van der Waals surface area (Å²) >= 11 is 0. The summed E-state index contributed by atoms with van der Waals surface area (Å²) in [6, 6.07) is 0. The summed E-state index contributed by atoms with van der Waals surface area (Å²) in [4.78, 5) is 44.9. The number of fused-ring (bicyclic) bond motifs is 1. The Labute approximate surface area is 127 Å². The van der Waals surface area contributed by atoms with E-state index in [4.69, 9.17) is 20.1 Å². The zero-order valence-corrected chi connectivity index (χ0v) is 12.5. The molecule has 1 unspecified atom stereocenters. The van der Waals surface area contributed by atoms with Crippen LogP contribution in [0.4, 0.5) is 5.95 Å². The number of nitrogens with one attached hydrogen (secondary N) is 3. The molecule has 0 saturated heterocycles. The second-order valence-corrected chi connectivity index (χ2v) is 5.98. The van der Waals surface area contributed by atoms with Crippen LogP contribution >= 0.6 is 7.60 Å². The summed E-state index contributed by atoms with van der Waals surface area (Å²) in [5, 5.41) is 6.03. The third-order valence-electron chi connectivity index (χ3n) is 2.62. The molecular formula is C9H13N8O5P. The normalized spacial score (nSPS) is 12.8. The summed E-state index contributed by atoms with van der Waals surface area (Å²) in [6.07, 6.45) is -0.314. The van der Waals surface area contributed by atoms with Crippen molar-refractivity contribution in [3.63, 3.8) is 0 Å². The molecule has 0 aliphatic carbocycles. The molecule has 14 heteroatoms. The van der Waals surface area contributed by atoms with Gasteiger partial charge < -0.3 is 24.8 Å². The SMILES string of the molecule is [N-]=[N+]=NCC(CNc1nc2nc[nH]c2c(=O)[nH]1)OCP(=O)(O)O. The van der Waals surface area contributed by atoms with Crippen molar-refractivity contribution < 1.29 is 19.1 Å². The lowest BCUT2D eigenvalue weighted by atomic mass is 10.3. The number of anilines is 1. The van der Waals surface area contributed by atoms with E-state index in [0.29, 0.717) is 0 Å². The first-order chi connectivity index (χ1) is 10.9. The molecule has 2 heterocycles. The van der Waals surface area contributed by atoms with Gasteiger partial charge in [0.15, 0.2) is 11.2 Å². The van der Waals surface area contributed by atoms with Crippen molar-refractivity contribution in [1.29, 1.82) is 0 Å². The predicted octanol–water partition coefficient (Wildman–Crippen LogP) is -0.111. The minimum Gasteiger partial charge on any atom is -0.364 e. The van der Waals surface area contributed by atoms with Crippen LogP contribution in [0.2, 0.25) is 0 Å². The van der Waals surface area contributed by atoms with Gasteiger partial charge in [0, 0.05) is 11.5 Å². The van der Waals surface area contributed by atoms with Gasteiger partial charge in [0.05, 0.1) is 19.0 Å². The van der Waals surface area contributed by atoms with Crippen molar-refractivity contribution in [2.24, 2.45) is 5.11 Å². The number of nitrogens with zero attached hydrogens (tertiary/aromatic N) is 5. The van der Waals surface area contributed by atoms with Gasteiger partial charge in [-0.05, 0) is 5.53 Å². The highest BCUT2D eigenvalue weighted by Gasteiger charge is 2.18. The number of rotatable bonds is 8. The minimum absolute atomic E-state index is 0.00209. The van der Waals surface area contributed by atoms with Gasteiger partial charge in [-0.2, -0.15) is 4.98 Å². The first-order valence-corrected chi connectivity index (χ1v) is 8.03.